The number of sulfonamides is 1. The van der Waals surface area contributed by atoms with Gasteiger partial charge in [-0.2, -0.15) is 0 Å². The Hall–Kier alpha value is -1.70. The third-order valence-electron chi connectivity index (χ3n) is 2.45. The summed E-state index contributed by atoms with van der Waals surface area (Å²) < 4.78 is 30.4. The Balaban J connectivity index is 2.24. The summed E-state index contributed by atoms with van der Waals surface area (Å²) in [7, 11) is -0.503. The fourth-order valence-corrected chi connectivity index (χ4v) is 2.42. The van der Waals surface area contributed by atoms with Gasteiger partial charge in [0.05, 0.1) is 11.1 Å². The maximum atomic E-state index is 11.9. The van der Waals surface area contributed by atoms with Crippen LogP contribution in [0.2, 0.25) is 5.02 Å². The number of aromatic nitrogens is 2. The van der Waals surface area contributed by atoms with Gasteiger partial charge in [0.1, 0.15) is 17.1 Å². The van der Waals surface area contributed by atoms with Crippen molar-refractivity contribution >= 4 is 21.6 Å². The van der Waals surface area contributed by atoms with Crippen molar-refractivity contribution in [2.75, 3.05) is 14.1 Å². The van der Waals surface area contributed by atoms with Gasteiger partial charge in [0, 0.05) is 14.1 Å². The average molecular weight is 314 g/mol. The van der Waals surface area contributed by atoms with E-state index in [0.29, 0.717) is 5.75 Å². The maximum absolute atomic E-state index is 11.9. The molecular formula is C12H12ClN3O3S. The highest BCUT2D eigenvalue weighted by molar-refractivity contribution is 7.89. The highest BCUT2D eigenvalue weighted by Gasteiger charge is 2.16. The Morgan fingerprint density at radius 2 is 1.85 bits per heavy atom. The normalized spacial score (nSPS) is 11.6. The van der Waals surface area contributed by atoms with Gasteiger partial charge in [-0.25, -0.2) is 22.7 Å². The summed E-state index contributed by atoms with van der Waals surface area (Å²) in [5.74, 6) is 0.646. The largest absolute Gasteiger partial charge is 0.437 e. The summed E-state index contributed by atoms with van der Waals surface area (Å²) >= 11 is 5.87. The fourth-order valence-electron chi connectivity index (χ4n) is 1.38. The minimum atomic E-state index is -3.45. The van der Waals surface area contributed by atoms with E-state index < -0.39 is 10.0 Å². The predicted molar refractivity (Wildman–Crippen MR) is 74.4 cm³/mol. The molecule has 0 radical (unpaired) electrons. The van der Waals surface area contributed by atoms with Crippen LogP contribution in [0.5, 0.6) is 11.6 Å². The number of hydrogen-bond donors (Lipinski definition) is 0. The molecule has 0 saturated heterocycles. The Morgan fingerprint density at radius 3 is 2.40 bits per heavy atom. The first-order valence-electron chi connectivity index (χ1n) is 5.57. The first kappa shape index (κ1) is 14.7. The van der Waals surface area contributed by atoms with E-state index in [4.69, 9.17) is 16.3 Å². The second kappa shape index (κ2) is 5.74. The van der Waals surface area contributed by atoms with Crippen LogP contribution in [0, 0.1) is 0 Å². The lowest BCUT2D eigenvalue weighted by atomic mass is 10.3. The topological polar surface area (TPSA) is 72.4 Å². The number of benzene rings is 1. The van der Waals surface area contributed by atoms with Crippen LogP contribution in [0.1, 0.15) is 0 Å². The van der Waals surface area contributed by atoms with Gasteiger partial charge in [-0.1, -0.05) is 11.6 Å². The molecule has 0 spiro atoms. The molecule has 0 aliphatic heterocycles. The van der Waals surface area contributed by atoms with Crippen LogP contribution in [-0.4, -0.2) is 36.8 Å². The zero-order valence-electron chi connectivity index (χ0n) is 10.8. The van der Waals surface area contributed by atoms with Crippen LogP contribution in [0.3, 0.4) is 0 Å². The average Bonchev–Trinajstić information content (AvgIpc) is 2.42. The molecule has 1 aromatic heterocycles. The molecule has 0 amide bonds. The van der Waals surface area contributed by atoms with Gasteiger partial charge in [-0.05, 0) is 24.3 Å². The summed E-state index contributed by atoms with van der Waals surface area (Å²) in [4.78, 5) is 7.81. The first-order valence-corrected chi connectivity index (χ1v) is 7.39. The van der Waals surface area contributed by atoms with Gasteiger partial charge in [0.15, 0.2) is 0 Å². The Labute approximate surface area is 122 Å². The smallest absolute Gasteiger partial charge is 0.242 e. The molecule has 0 unspecified atom stereocenters. The molecule has 106 valence electrons. The van der Waals surface area contributed by atoms with Gasteiger partial charge in [0.2, 0.25) is 15.9 Å². The van der Waals surface area contributed by atoms with E-state index in [9.17, 15) is 8.42 Å². The first-order chi connectivity index (χ1) is 9.41. The molecule has 1 heterocycles. The summed E-state index contributed by atoms with van der Waals surface area (Å²) in [6.45, 7) is 0. The minimum absolute atomic E-state index is 0.184. The molecule has 0 atom stereocenters. The highest BCUT2D eigenvalue weighted by atomic mass is 35.5. The van der Waals surface area contributed by atoms with Crippen LogP contribution >= 0.6 is 11.6 Å². The molecule has 0 saturated carbocycles. The van der Waals surface area contributed by atoms with Crippen molar-refractivity contribution in [3.63, 3.8) is 0 Å². The van der Waals surface area contributed by atoms with Crippen molar-refractivity contribution in [2.24, 2.45) is 0 Å². The van der Waals surface area contributed by atoms with Gasteiger partial charge in [-0.15, -0.1) is 0 Å². The lowest BCUT2D eigenvalue weighted by Crippen LogP contribution is -2.22. The number of ether oxygens (including phenoxy) is 1. The summed E-state index contributed by atoms with van der Waals surface area (Å²) in [6.07, 6.45) is 2.72. The Morgan fingerprint density at radius 1 is 1.20 bits per heavy atom. The van der Waals surface area contributed by atoms with Crippen molar-refractivity contribution in [1.29, 1.82) is 0 Å². The Kier molecular flexibility index (Phi) is 4.22. The third-order valence-corrected chi connectivity index (χ3v) is 4.54. The van der Waals surface area contributed by atoms with Crippen molar-refractivity contribution in [2.45, 2.75) is 4.90 Å². The summed E-state index contributed by atoms with van der Waals surface area (Å²) in [5.41, 5.74) is 0. The lowest BCUT2D eigenvalue weighted by molar-refractivity contribution is 0.461. The molecule has 2 aromatic rings. The predicted octanol–water partition coefficient (Wildman–Crippen LogP) is 2.17. The molecule has 0 fully saturated rings. The van der Waals surface area contributed by atoms with Gasteiger partial charge in [0.25, 0.3) is 0 Å². The van der Waals surface area contributed by atoms with Crippen molar-refractivity contribution in [1.82, 2.24) is 14.3 Å². The molecule has 0 bridgehead atoms. The van der Waals surface area contributed by atoms with Crippen LogP contribution in [0.4, 0.5) is 0 Å². The van der Waals surface area contributed by atoms with Crippen molar-refractivity contribution in [3.05, 3.63) is 41.8 Å². The lowest BCUT2D eigenvalue weighted by Gasteiger charge is -2.11. The van der Waals surface area contributed by atoms with E-state index in [2.05, 4.69) is 9.97 Å². The number of hydrogen-bond acceptors (Lipinski definition) is 5. The summed E-state index contributed by atoms with van der Waals surface area (Å²) in [6, 6.07) is 5.99. The molecular weight excluding hydrogens is 302 g/mol. The quantitative estimate of drug-likeness (QED) is 0.865. The molecule has 8 heteroatoms. The van der Waals surface area contributed by atoms with Gasteiger partial charge >= 0.3 is 0 Å². The van der Waals surface area contributed by atoms with Crippen molar-refractivity contribution in [3.8, 4) is 11.6 Å². The van der Waals surface area contributed by atoms with Crippen LogP contribution in [0.25, 0.3) is 0 Å². The van der Waals surface area contributed by atoms with Crippen LogP contribution in [0.15, 0.2) is 41.7 Å². The number of nitrogens with zero attached hydrogens (tertiary/aromatic N) is 3. The van der Waals surface area contributed by atoms with Crippen LogP contribution < -0.4 is 4.74 Å². The van der Waals surface area contributed by atoms with E-state index in [-0.39, 0.29) is 15.8 Å². The van der Waals surface area contributed by atoms with E-state index in [1.54, 1.807) is 0 Å². The van der Waals surface area contributed by atoms with E-state index in [1.807, 2.05) is 0 Å². The standard InChI is InChI=1S/C12H12ClN3O3S/c1-16(2)20(17,18)10-5-3-9(4-6-10)19-12-11(13)7-14-8-15-12/h3-8H,1-2H3. The zero-order valence-corrected chi connectivity index (χ0v) is 12.4. The molecule has 0 aliphatic rings. The summed E-state index contributed by atoms with van der Waals surface area (Å²) in [5, 5.41) is 0.275. The molecule has 6 nitrogen and oxygen atoms in total. The number of rotatable bonds is 4. The maximum Gasteiger partial charge on any atom is 0.242 e. The second-order valence-corrected chi connectivity index (χ2v) is 6.60. The van der Waals surface area contributed by atoms with Crippen LogP contribution in [-0.2, 0) is 10.0 Å². The molecule has 1 aromatic carbocycles. The highest BCUT2D eigenvalue weighted by Crippen LogP contribution is 2.26. The van der Waals surface area contributed by atoms with Gasteiger partial charge < -0.3 is 4.74 Å². The van der Waals surface area contributed by atoms with Gasteiger partial charge in [-0.3, -0.25) is 0 Å². The monoisotopic (exact) mass is 313 g/mol. The van der Waals surface area contributed by atoms with E-state index in [1.165, 1.54) is 50.9 Å². The zero-order chi connectivity index (χ0) is 14.8. The van der Waals surface area contributed by atoms with E-state index in [0.717, 1.165) is 4.31 Å². The number of halogens is 1. The van der Waals surface area contributed by atoms with Crippen molar-refractivity contribution < 1.29 is 13.2 Å². The fraction of sp³-hybridized carbons (Fsp3) is 0.167. The molecule has 20 heavy (non-hydrogen) atoms. The Bertz CT molecular complexity index is 702. The SMILES string of the molecule is CN(C)S(=O)(=O)c1ccc(Oc2ncncc2Cl)cc1. The third kappa shape index (κ3) is 3.06. The second-order valence-electron chi connectivity index (χ2n) is 4.04. The molecule has 0 aliphatic carbocycles. The minimum Gasteiger partial charge on any atom is -0.437 e. The molecule has 2 rings (SSSR count). The molecule has 0 N–H and O–H groups in total. The van der Waals surface area contributed by atoms with E-state index >= 15 is 0 Å².